The number of hydrogen-bond acceptors (Lipinski definition) is 7. The Hall–Kier alpha value is -2.35. The molecule has 0 bridgehead atoms. The average molecular weight is 1090 g/mol. The predicted molar refractivity (Wildman–Crippen MR) is 326 cm³/mol. The summed E-state index contributed by atoms with van der Waals surface area (Å²) in [6.45, 7) is 33.5. The summed E-state index contributed by atoms with van der Waals surface area (Å²) < 4.78 is 21.8. The maximum Gasteiger partial charge on any atom is 0.305 e. The number of esters is 1. The molecule has 0 radical (unpaired) electrons. The van der Waals surface area contributed by atoms with Gasteiger partial charge < -0.3 is 18.7 Å². The molecule has 0 spiro atoms. The normalized spacial score (nSPS) is 23.3. The summed E-state index contributed by atoms with van der Waals surface area (Å²) in [5, 5.41) is 12.2. The molecule has 4 aromatic rings. The maximum atomic E-state index is 11.4. The van der Waals surface area contributed by atoms with E-state index in [9.17, 15) is 9.59 Å². The molecule has 74 heavy (non-hydrogen) atoms. The fourth-order valence-electron chi connectivity index (χ4n) is 11.8. The van der Waals surface area contributed by atoms with Crippen LogP contribution in [0.4, 0.5) is 0 Å². The Morgan fingerprint density at radius 3 is 1.34 bits per heavy atom. The average Bonchev–Trinajstić information content (AvgIpc) is 4.09. The summed E-state index contributed by atoms with van der Waals surface area (Å²) >= 11 is 3.94. The number of benzene rings is 2. The molecule has 6 rings (SSSR count). The van der Waals surface area contributed by atoms with Crippen LogP contribution in [-0.2, 0) is 23.2 Å². The first-order chi connectivity index (χ1) is 34.3. The summed E-state index contributed by atoms with van der Waals surface area (Å²) in [4.78, 5) is 25.3. The van der Waals surface area contributed by atoms with Crippen molar-refractivity contribution < 1.29 is 28.3 Å². The number of carboxylic acids is 1. The highest BCUT2D eigenvalue weighted by Gasteiger charge is 2.48. The van der Waals surface area contributed by atoms with E-state index in [-0.39, 0.29) is 23.5 Å². The second kappa shape index (κ2) is 29.0. The van der Waals surface area contributed by atoms with Crippen LogP contribution in [0.5, 0.6) is 0 Å². The number of fused-ring (bicyclic) bond motifs is 2. The first kappa shape index (κ1) is 64.2. The van der Waals surface area contributed by atoms with Crippen molar-refractivity contribution in [1.29, 1.82) is 0 Å². The van der Waals surface area contributed by atoms with Crippen LogP contribution in [0.2, 0.25) is 36.3 Å². The van der Waals surface area contributed by atoms with E-state index >= 15 is 0 Å². The first-order valence-corrected chi connectivity index (χ1v) is 36.4. The Morgan fingerprint density at radius 1 is 0.595 bits per heavy atom. The number of rotatable bonds is 26. The topological polar surface area (TPSA) is 82.1 Å². The van der Waals surface area contributed by atoms with Gasteiger partial charge in [-0.05, 0) is 183 Å². The first-order valence-electron chi connectivity index (χ1n) is 28.9. The largest absolute Gasteiger partial charge is 0.481 e. The van der Waals surface area contributed by atoms with Crippen molar-refractivity contribution in [1.82, 2.24) is 0 Å². The van der Waals surface area contributed by atoms with Crippen molar-refractivity contribution in [3.8, 4) is 0 Å². The van der Waals surface area contributed by atoms with Crippen molar-refractivity contribution in [2.45, 2.75) is 253 Å². The van der Waals surface area contributed by atoms with Gasteiger partial charge in [-0.3, -0.25) is 9.59 Å². The lowest BCUT2D eigenvalue weighted by atomic mass is 9.81. The van der Waals surface area contributed by atoms with E-state index in [1.165, 1.54) is 108 Å². The van der Waals surface area contributed by atoms with Gasteiger partial charge in [0, 0.05) is 44.2 Å². The number of aliphatic carboxylic acids is 1. The summed E-state index contributed by atoms with van der Waals surface area (Å²) in [5.74, 6) is 4.59. The van der Waals surface area contributed by atoms with Crippen molar-refractivity contribution in [2.75, 3.05) is 7.11 Å². The van der Waals surface area contributed by atoms with Gasteiger partial charge in [-0.25, -0.2) is 0 Å². The number of carbonyl (C=O) groups excluding carboxylic acids is 1. The quantitative estimate of drug-likeness (QED) is 0.0383. The Balaban J connectivity index is 0.000000316. The summed E-state index contributed by atoms with van der Waals surface area (Å²) in [7, 11) is -2.16. The minimum Gasteiger partial charge on any atom is -0.481 e. The molecule has 10 atom stereocenters. The van der Waals surface area contributed by atoms with Crippen LogP contribution in [-0.4, -0.2) is 53.0 Å². The highest BCUT2D eigenvalue weighted by Crippen LogP contribution is 2.51. The van der Waals surface area contributed by atoms with Gasteiger partial charge in [0.15, 0.2) is 16.6 Å². The number of ether oxygens (including phenoxy) is 1. The number of hydrogen-bond donors (Lipinski definition) is 1. The van der Waals surface area contributed by atoms with E-state index in [0.29, 0.717) is 60.6 Å². The van der Waals surface area contributed by atoms with Crippen LogP contribution in [0.25, 0.3) is 20.2 Å². The van der Waals surface area contributed by atoms with Crippen LogP contribution < -0.4 is 0 Å². The van der Waals surface area contributed by atoms with Gasteiger partial charge in [0.25, 0.3) is 0 Å². The lowest BCUT2D eigenvalue weighted by molar-refractivity contribution is -0.141. The molecule has 418 valence electrons. The van der Waals surface area contributed by atoms with Crippen molar-refractivity contribution >= 4 is 71.4 Å². The lowest BCUT2D eigenvalue weighted by Gasteiger charge is -2.40. The van der Waals surface area contributed by atoms with Crippen LogP contribution in [0.3, 0.4) is 0 Å². The molecule has 0 aliphatic heterocycles. The van der Waals surface area contributed by atoms with E-state index in [1.807, 2.05) is 22.7 Å². The third-order valence-corrected chi connectivity index (χ3v) is 30.2. The van der Waals surface area contributed by atoms with E-state index in [1.54, 1.807) is 0 Å². The fraction of sp³-hybridized carbons (Fsp3) is 0.719. The summed E-state index contributed by atoms with van der Waals surface area (Å²) in [5.41, 5.74) is 0. The molecular formula is C64H106O6S2Si2. The third-order valence-electron chi connectivity index (χ3n) is 18.5. The molecule has 0 unspecified atom stereocenters. The summed E-state index contributed by atoms with van der Waals surface area (Å²) in [6.07, 6.45) is 20.2. The SMILES string of the molecule is C.COC(=O)CCCCCC[C@@H]1[C@@H](CC[C@@H](C)c2cc3ccccc3s2)[C@H](C)C[C@@H]1O[Si](C)(C)C(C)(C)C.C[C@H](CC[C@@H]1[C@@H](CCCCCCC(=O)O)[C@@H](O[Si](C)(C)C(C)(C)C)C[C@H]1C)c1cc2ccccc2s1. The molecule has 0 saturated heterocycles. The zero-order chi connectivity index (χ0) is 53.7. The predicted octanol–water partition coefficient (Wildman–Crippen LogP) is 20.5. The Kier molecular flexibility index (Phi) is 25.2. The van der Waals surface area contributed by atoms with Gasteiger partial charge >= 0.3 is 11.9 Å². The Bertz CT molecular complexity index is 2220. The van der Waals surface area contributed by atoms with E-state index in [4.69, 9.17) is 18.7 Å². The van der Waals surface area contributed by atoms with Gasteiger partial charge in [-0.2, -0.15) is 0 Å². The fourth-order valence-corrected chi connectivity index (χ4v) is 16.8. The number of unbranched alkanes of at least 4 members (excludes halogenated alkanes) is 6. The molecule has 2 aromatic heterocycles. The molecule has 2 aliphatic carbocycles. The second-order valence-corrected chi connectivity index (χ2v) is 37.9. The zero-order valence-corrected chi connectivity index (χ0v) is 52.2. The van der Waals surface area contributed by atoms with Gasteiger partial charge in [0.1, 0.15) is 0 Å². The number of methoxy groups -OCH3 is 1. The zero-order valence-electron chi connectivity index (χ0n) is 48.6. The summed E-state index contributed by atoms with van der Waals surface area (Å²) in [6, 6.07) is 22.4. The standard InChI is InChI=1S/C32H52O3SSi.C31H50O3SSi.CH4/c1-23(30-22-25-15-13-14-17-29(25)36-30)19-20-26-24(2)21-28(35-37(7,8)32(3,4)5)27(26)16-11-9-10-12-18-31(33)34-6;1-22(29-21-24-14-12-13-16-28(24)35-29)18-19-25-23(2)20-27(34-36(6,7)31(3,4)5)26(25)15-10-8-9-11-17-30(32)33;/h13-15,17,22-24,26-28H,9-12,16,18-21H2,1-8H3;12-14,16,21-23,25-27H,8-11,15,17-20H2,1-7H3,(H,32,33);1H4/t23-,24-,26+,27-,28+;22-,23-,25+,26-,27+;/m11./s1. The van der Waals surface area contributed by atoms with Crippen LogP contribution >= 0.6 is 22.7 Å². The minimum absolute atomic E-state index is 0. The molecule has 2 aliphatic rings. The number of carbonyl (C=O) groups is 2. The molecule has 2 fully saturated rings. The number of thiophene rings is 2. The van der Waals surface area contributed by atoms with Gasteiger partial charge in [0.2, 0.25) is 0 Å². The van der Waals surface area contributed by atoms with Crippen molar-refractivity contribution in [2.24, 2.45) is 35.5 Å². The highest BCUT2D eigenvalue weighted by molar-refractivity contribution is 7.19. The van der Waals surface area contributed by atoms with Crippen LogP contribution in [0.1, 0.15) is 214 Å². The smallest absolute Gasteiger partial charge is 0.305 e. The second-order valence-electron chi connectivity index (χ2n) is 26.1. The third kappa shape index (κ3) is 18.4. The molecular weight excluding hydrogens is 985 g/mol. The molecule has 2 heterocycles. The minimum atomic E-state index is -1.82. The van der Waals surface area contributed by atoms with Gasteiger partial charge in [0.05, 0.1) is 7.11 Å². The van der Waals surface area contributed by atoms with Crippen molar-refractivity contribution in [3.63, 3.8) is 0 Å². The molecule has 6 nitrogen and oxygen atoms in total. The Morgan fingerprint density at radius 2 is 0.973 bits per heavy atom. The molecule has 2 saturated carbocycles. The molecule has 0 amide bonds. The van der Waals surface area contributed by atoms with Crippen LogP contribution in [0, 0.1) is 35.5 Å². The Labute approximate surface area is 462 Å². The number of carboxylic acid groups (broad SMARTS) is 1. The van der Waals surface area contributed by atoms with E-state index < -0.39 is 22.6 Å². The van der Waals surface area contributed by atoms with E-state index in [2.05, 4.69) is 156 Å². The van der Waals surface area contributed by atoms with Gasteiger partial charge in [-0.15, -0.1) is 22.7 Å². The highest BCUT2D eigenvalue weighted by atomic mass is 32.1. The monoisotopic (exact) mass is 1090 g/mol. The molecule has 2 aromatic carbocycles. The lowest BCUT2D eigenvalue weighted by Crippen LogP contribution is -2.45. The maximum absolute atomic E-state index is 11.4. The molecule has 1 N–H and O–H groups in total. The van der Waals surface area contributed by atoms with Crippen LogP contribution in [0.15, 0.2) is 60.7 Å². The van der Waals surface area contributed by atoms with Gasteiger partial charge in [-0.1, -0.05) is 152 Å². The van der Waals surface area contributed by atoms with E-state index in [0.717, 1.165) is 43.9 Å². The van der Waals surface area contributed by atoms with Crippen molar-refractivity contribution in [3.05, 3.63) is 70.4 Å². The molecule has 10 heteroatoms.